The molecule has 0 aliphatic rings. The van der Waals surface area contributed by atoms with Crippen LogP contribution >= 0.6 is 11.6 Å². The quantitative estimate of drug-likeness (QED) is 0.859. The summed E-state index contributed by atoms with van der Waals surface area (Å²) in [7, 11) is 0. The predicted molar refractivity (Wildman–Crippen MR) is 76.3 cm³/mol. The van der Waals surface area contributed by atoms with Crippen molar-refractivity contribution < 1.29 is 9.90 Å². The largest absolute Gasteiger partial charge is 0.388 e. The van der Waals surface area contributed by atoms with E-state index in [4.69, 9.17) is 11.6 Å². The van der Waals surface area contributed by atoms with Crippen molar-refractivity contribution in [2.45, 2.75) is 13.0 Å². The Morgan fingerprint density at radius 2 is 1.63 bits per heavy atom. The van der Waals surface area contributed by atoms with Gasteiger partial charge in [0.2, 0.25) is 0 Å². The monoisotopic (exact) mass is 274 g/mol. The maximum atomic E-state index is 12.3. The van der Waals surface area contributed by atoms with Gasteiger partial charge in [-0.1, -0.05) is 67.1 Å². The molecule has 0 radical (unpaired) electrons. The summed E-state index contributed by atoms with van der Waals surface area (Å²) < 4.78 is 0. The molecule has 2 aromatic carbocycles. The molecule has 0 bridgehead atoms. The summed E-state index contributed by atoms with van der Waals surface area (Å²) in [5.41, 5.74) is 1.18. The summed E-state index contributed by atoms with van der Waals surface area (Å²) in [5, 5.41) is 10.8. The number of aliphatic hydroxyl groups is 1. The van der Waals surface area contributed by atoms with Gasteiger partial charge in [-0.25, -0.2) is 0 Å². The fourth-order valence-corrected chi connectivity index (χ4v) is 2.24. The van der Waals surface area contributed by atoms with Crippen LogP contribution in [0.5, 0.6) is 0 Å². The van der Waals surface area contributed by atoms with E-state index in [-0.39, 0.29) is 5.78 Å². The third-order valence-electron chi connectivity index (χ3n) is 3.17. The van der Waals surface area contributed by atoms with Crippen molar-refractivity contribution in [3.8, 4) is 0 Å². The average Bonchev–Trinajstić information content (AvgIpc) is 2.46. The highest BCUT2D eigenvalue weighted by Crippen LogP contribution is 2.29. The molecular formula is C16H15ClO2. The van der Waals surface area contributed by atoms with Crippen molar-refractivity contribution >= 4 is 17.4 Å². The first-order chi connectivity index (χ1) is 9.11. The van der Waals surface area contributed by atoms with Crippen LogP contribution in [0.4, 0.5) is 0 Å². The highest BCUT2D eigenvalue weighted by molar-refractivity contribution is 6.31. The Hall–Kier alpha value is -1.64. The van der Waals surface area contributed by atoms with Gasteiger partial charge in [0.25, 0.3) is 0 Å². The van der Waals surface area contributed by atoms with E-state index in [0.717, 1.165) is 0 Å². The van der Waals surface area contributed by atoms with Gasteiger partial charge in [-0.15, -0.1) is 0 Å². The summed E-state index contributed by atoms with van der Waals surface area (Å²) in [6.45, 7) is 1.71. The molecule has 0 aromatic heterocycles. The molecule has 0 spiro atoms. The normalized spacial score (nSPS) is 13.8. The first kappa shape index (κ1) is 13.8. The fourth-order valence-electron chi connectivity index (χ4n) is 1.99. The number of hydrogen-bond acceptors (Lipinski definition) is 2. The van der Waals surface area contributed by atoms with Crippen LogP contribution in [0.3, 0.4) is 0 Å². The Bertz CT molecular complexity index is 566. The van der Waals surface area contributed by atoms with E-state index in [0.29, 0.717) is 16.1 Å². The number of Topliss-reactive ketones (excluding diaryl/α,β-unsaturated/α-hetero) is 1. The molecule has 0 amide bonds. The minimum Gasteiger partial charge on any atom is -0.388 e. The topological polar surface area (TPSA) is 37.3 Å². The Labute approximate surface area is 117 Å². The lowest BCUT2D eigenvalue weighted by Gasteiger charge is -2.19. The van der Waals surface area contributed by atoms with E-state index < -0.39 is 12.0 Å². The van der Waals surface area contributed by atoms with E-state index >= 15 is 0 Å². The Morgan fingerprint density at radius 3 is 2.26 bits per heavy atom. The average molecular weight is 275 g/mol. The van der Waals surface area contributed by atoms with Gasteiger partial charge < -0.3 is 5.11 Å². The van der Waals surface area contributed by atoms with Crippen molar-refractivity contribution in [3.63, 3.8) is 0 Å². The molecule has 1 N–H and O–H groups in total. The van der Waals surface area contributed by atoms with Crippen molar-refractivity contribution in [1.29, 1.82) is 0 Å². The van der Waals surface area contributed by atoms with Gasteiger partial charge in [-0.05, 0) is 11.6 Å². The zero-order chi connectivity index (χ0) is 13.8. The number of ketones is 1. The second-order valence-electron chi connectivity index (χ2n) is 4.49. The number of halogens is 1. The summed E-state index contributed by atoms with van der Waals surface area (Å²) >= 11 is 6.04. The van der Waals surface area contributed by atoms with E-state index in [9.17, 15) is 9.90 Å². The third-order valence-corrected chi connectivity index (χ3v) is 3.51. The molecule has 0 aliphatic carbocycles. The van der Waals surface area contributed by atoms with Crippen LogP contribution in [0.2, 0.25) is 5.02 Å². The standard InChI is InChI=1S/C16H15ClO2/c1-11(15(18)12-7-3-2-4-8-12)16(19)13-9-5-6-10-14(13)17/h2-11,16,19H,1H3/t11-,16+/m1/s1. The smallest absolute Gasteiger partial charge is 0.168 e. The van der Waals surface area contributed by atoms with E-state index in [1.165, 1.54) is 0 Å². The molecule has 2 nitrogen and oxygen atoms in total. The van der Waals surface area contributed by atoms with Gasteiger partial charge >= 0.3 is 0 Å². The van der Waals surface area contributed by atoms with E-state index in [1.54, 1.807) is 43.3 Å². The van der Waals surface area contributed by atoms with Crippen molar-refractivity contribution in [2.24, 2.45) is 5.92 Å². The number of carbonyl (C=O) groups is 1. The highest BCUT2D eigenvalue weighted by Gasteiger charge is 2.25. The zero-order valence-electron chi connectivity index (χ0n) is 10.6. The molecule has 0 saturated carbocycles. The van der Waals surface area contributed by atoms with Crippen LogP contribution in [0.15, 0.2) is 54.6 Å². The molecule has 19 heavy (non-hydrogen) atoms. The first-order valence-electron chi connectivity index (χ1n) is 6.13. The lowest BCUT2D eigenvalue weighted by molar-refractivity contribution is 0.0714. The molecule has 0 unspecified atom stereocenters. The molecule has 0 saturated heterocycles. The first-order valence-corrected chi connectivity index (χ1v) is 6.51. The number of carbonyl (C=O) groups excluding carboxylic acids is 1. The maximum Gasteiger partial charge on any atom is 0.168 e. The van der Waals surface area contributed by atoms with E-state index in [2.05, 4.69) is 0 Å². The Balaban J connectivity index is 2.23. The Morgan fingerprint density at radius 1 is 1.05 bits per heavy atom. The van der Waals surface area contributed by atoms with Gasteiger partial charge in [0.05, 0.1) is 6.10 Å². The highest BCUT2D eigenvalue weighted by atomic mass is 35.5. The van der Waals surface area contributed by atoms with Crippen LogP contribution < -0.4 is 0 Å². The second-order valence-corrected chi connectivity index (χ2v) is 4.89. The maximum absolute atomic E-state index is 12.3. The number of hydrogen-bond donors (Lipinski definition) is 1. The predicted octanol–water partition coefficient (Wildman–Crippen LogP) is 3.89. The summed E-state index contributed by atoms with van der Waals surface area (Å²) in [4.78, 5) is 12.3. The second kappa shape index (κ2) is 6.00. The van der Waals surface area contributed by atoms with Gasteiger partial charge in [0.15, 0.2) is 5.78 Å². The zero-order valence-corrected chi connectivity index (χ0v) is 11.3. The lowest BCUT2D eigenvalue weighted by atomic mass is 9.90. The molecule has 2 rings (SSSR count). The number of rotatable bonds is 4. The number of aliphatic hydroxyl groups excluding tert-OH is 1. The van der Waals surface area contributed by atoms with Gasteiger partial charge in [-0.2, -0.15) is 0 Å². The fraction of sp³-hybridized carbons (Fsp3) is 0.188. The van der Waals surface area contributed by atoms with Crippen molar-refractivity contribution in [1.82, 2.24) is 0 Å². The van der Waals surface area contributed by atoms with Crippen LogP contribution in [-0.4, -0.2) is 10.9 Å². The molecule has 98 valence electrons. The van der Waals surface area contributed by atoms with Crippen LogP contribution in [-0.2, 0) is 0 Å². The minimum atomic E-state index is -0.901. The van der Waals surface area contributed by atoms with Crippen LogP contribution in [0, 0.1) is 5.92 Å². The lowest BCUT2D eigenvalue weighted by Crippen LogP contribution is -2.19. The van der Waals surface area contributed by atoms with E-state index in [1.807, 2.05) is 18.2 Å². The SMILES string of the molecule is C[C@H](C(=O)c1ccccc1)[C@H](O)c1ccccc1Cl. The van der Waals surface area contributed by atoms with Gasteiger partial charge in [0.1, 0.15) is 0 Å². The van der Waals surface area contributed by atoms with Gasteiger partial charge in [0, 0.05) is 16.5 Å². The third kappa shape index (κ3) is 3.03. The minimum absolute atomic E-state index is 0.0898. The Kier molecular flexibility index (Phi) is 4.35. The van der Waals surface area contributed by atoms with Gasteiger partial charge in [-0.3, -0.25) is 4.79 Å². The molecule has 0 fully saturated rings. The molecule has 2 atom stereocenters. The molecule has 0 heterocycles. The molecule has 3 heteroatoms. The van der Waals surface area contributed by atoms with Crippen molar-refractivity contribution in [2.75, 3.05) is 0 Å². The molecule has 0 aliphatic heterocycles. The van der Waals surface area contributed by atoms with Crippen LogP contribution in [0.25, 0.3) is 0 Å². The molecular weight excluding hydrogens is 260 g/mol. The summed E-state index contributed by atoms with van der Waals surface area (Å²) in [6, 6.07) is 16.0. The summed E-state index contributed by atoms with van der Waals surface area (Å²) in [5.74, 6) is -0.629. The number of benzene rings is 2. The summed E-state index contributed by atoms with van der Waals surface area (Å²) in [6.07, 6.45) is -0.901. The van der Waals surface area contributed by atoms with Crippen LogP contribution in [0.1, 0.15) is 28.9 Å². The van der Waals surface area contributed by atoms with Crippen molar-refractivity contribution in [3.05, 3.63) is 70.7 Å². The molecule has 2 aromatic rings.